The van der Waals surface area contributed by atoms with Crippen LogP contribution in [0, 0.1) is 5.92 Å². The summed E-state index contributed by atoms with van der Waals surface area (Å²) >= 11 is 1.63. The Morgan fingerprint density at radius 2 is 1.41 bits per heavy atom. The third-order valence-electron chi connectivity index (χ3n) is 7.28. The lowest BCUT2D eigenvalue weighted by atomic mass is 10.00. The molecule has 5 atom stereocenters. The van der Waals surface area contributed by atoms with Crippen LogP contribution in [0.3, 0.4) is 0 Å². The zero-order valence-electron chi connectivity index (χ0n) is 27.9. The molecule has 2 saturated heterocycles. The molecule has 2 heterocycles. The van der Waals surface area contributed by atoms with Crippen molar-refractivity contribution < 1.29 is 42.4 Å². The summed E-state index contributed by atoms with van der Waals surface area (Å²) in [6.45, 7) is 28.0. The van der Waals surface area contributed by atoms with Crippen LogP contribution in [0.5, 0.6) is 0 Å². The van der Waals surface area contributed by atoms with Crippen molar-refractivity contribution in [1.82, 2.24) is 0 Å². The van der Waals surface area contributed by atoms with E-state index >= 15 is 0 Å². The number of thioether (sulfide) groups is 1. The second-order valence-electron chi connectivity index (χ2n) is 14.9. The van der Waals surface area contributed by atoms with Crippen LogP contribution in [0.2, 0.25) is 18.1 Å². The molecule has 11 heteroatoms. The molecule has 0 aliphatic carbocycles. The Morgan fingerprint density at radius 3 is 1.88 bits per heavy atom. The van der Waals surface area contributed by atoms with Crippen molar-refractivity contribution in [3.63, 3.8) is 0 Å². The van der Waals surface area contributed by atoms with Gasteiger partial charge < -0.3 is 32.8 Å². The first-order valence-electron chi connectivity index (χ1n) is 14.8. The van der Waals surface area contributed by atoms with Gasteiger partial charge in [-0.05, 0) is 85.7 Å². The lowest BCUT2D eigenvalue weighted by Crippen LogP contribution is -2.58. The maximum absolute atomic E-state index is 13.0. The minimum Gasteiger partial charge on any atom is -0.459 e. The average molecular weight is 621 g/mol. The van der Waals surface area contributed by atoms with Gasteiger partial charge in [0.05, 0.1) is 6.61 Å². The normalized spacial score (nSPS) is 27.0. The molecule has 0 aromatic carbocycles. The fourth-order valence-corrected chi connectivity index (χ4v) is 6.34. The number of fused-ring (bicyclic) bond motifs is 1. The van der Waals surface area contributed by atoms with E-state index in [2.05, 4.69) is 40.8 Å². The highest BCUT2D eigenvalue weighted by Gasteiger charge is 2.56. The smallest absolute Gasteiger partial charge is 0.320 e. The summed E-state index contributed by atoms with van der Waals surface area (Å²) in [5.74, 6) is -2.39. The number of esters is 2. The van der Waals surface area contributed by atoms with Crippen molar-refractivity contribution in [3.8, 4) is 0 Å². The van der Waals surface area contributed by atoms with Gasteiger partial charge in [-0.25, -0.2) is 0 Å². The number of carbonyl (C=O) groups is 2. The van der Waals surface area contributed by atoms with Crippen LogP contribution in [0.4, 0.5) is 0 Å². The fourth-order valence-electron chi connectivity index (χ4n) is 4.35. The minimum absolute atomic E-state index is 0.0649. The van der Waals surface area contributed by atoms with Gasteiger partial charge in [-0.1, -0.05) is 27.7 Å². The molecule has 0 bridgehead atoms. The van der Waals surface area contributed by atoms with E-state index in [9.17, 15) is 9.59 Å². The number of carbonyl (C=O) groups excluding carboxylic acids is 2. The van der Waals surface area contributed by atoms with E-state index in [1.54, 1.807) is 53.3 Å². The molecule has 41 heavy (non-hydrogen) atoms. The van der Waals surface area contributed by atoms with E-state index < -0.39 is 55.4 Å². The molecule has 0 unspecified atom stereocenters. The van der Waals surface area contributed by atoms with Crippen LogP contribution < -0.4 is 0 Å². The summed E-state index contributed by atoms with van der Waals surface area (Å²) in [6.07, 6.45) is -1.49. The predicted octanol–water partition coefficient (Wildman–Crippen LogP) is 6.08. The van der Waals surface area contributed by atoms with Crippen molar-refractivity contribution >= 4 is 32.0 Å². The molecule has 0 saturated carbocycles. The Morgan fingerprint density at radius 1 is 0.902 bits per heavy atom. The summed E-state index contributed by atoms with van der Waals surface area (Å²) in [7, 11) is -2.02. The summed E-state index contributed by atoms with van der Waals surface area (Å²) in [6, 6.07) is 0. The zero-order chi connectivity index (χ0) is 31.6. The number of hydrogen-bond donors (Lipinski definition) is 0. The average Bonchev–Trinajstić information content (AvgIpc) is 3.08. The van der Waals surface area contributed by atoms with Crippen molar-refractivity contribution in [1.29, 1.82) is 0 Å². The maximum Gasteiger partial charge on any atom is 0.320 e. The first kappa shape index (κ1) is 36.5. The van der Waals surface area contributed by atoms with E-state index in [-0.39, 0.29) is 35.7 Å². The third kappa shape index (κ3) is 10.8. The molecule has 2 aliphatic heterocycles. The summed E-state index contributed by atoms with van der Waals surface area (Å²) in [4.78, 5) is 26.0. The van der Waals surface area contributed by atoms with E-state index in [4.69, 9.17) is 32.8 Å². The maximum atomic E-state index is 13.0. The first-order chi connectivity index (χ1) is 18.5. The molecule has 0 aromatic heterocycles. The fraction of sp³-hybridized carbons (Fsp3) is 0.933. The molecule has 240 valence electrons. The second kappa shape index (κ2) is 13.5. The Balaban J connectivity index is 2.22. The second-order valence-corrected chi connectivity index (χ2v) is 21.1. The molecular weight excluding hydrogens is 564 g/mol. The highest BCUT2D eigenvalue weighted by Crippen LogP contribution is 2.43. The van der Waals surface area contributed by atoms with Gasteiger partial charge in [0, 0.05) is 6.61 Å². The van der Waals surface area contributed by atoms with Gasteiger partial charge in [-0.2, -0.15) is 0 Å². The van der Waals surface area contributed by atoms with Gasteiger partial charge in [0.25, 0.3) is 0 Å². The zero-order valence-corrected chi connectivity index (χ0v) is 29.7. The van der Waals surface area contributed by atoms with Crippen LogP contribution in [-0.2, 0) is 42.4 Å². The van der Waals surface area contributed by atoms with Crippen molar-refractivity contribution in [3.05, 3.63) is 0 Å². The molecule has 0 amide bonds. The number of rotatable bonds is 11. The molecule has 2 rings (SSSR count). The van der Waals surface area contributed by atoms with E-state index in [0.717, 1.165) is 5.75 Å². The lowest BCUT2D eigenvalue weighted by Gasteiger charge is -2.44. The molecule has 2 fully saturated rings. The first-order valence-corrected chi connectivity index (χ1v) is 18.8. The minimum atomic E-state index is -2.02. The highest BCUT2D eigenvalue weighted by atomic mass is 32.2. The van der Waals surface area contributed by atoms with Crippen molar-refractivity contribution in [2.75, 3.05) is 19.0 Å². The quantitative estimate of drug-likeness (QED) is 0.153. The Kier molecular flexibility index (Phi) is 12.0. The number of hydrogen-bond acceptors (Lipinski definition) is 10. The lowest BCUT2D eigenvalue weighted by molar-refractivity contribution is -0.187. The van der Waals surface area contributed by atoms with Crippen LogP contribution in [0.15, 0.2) is 0 Å². The molecule has 0 aromatic rings. The summed E-state index contributed by atoms with van der Waals surface area (Å²) in [5, 5.41) is 0.0649. The largest absolute Gasteiger partial charge is 0.459 e. The molecule has 0 spiro atoms. The summed E-state index contributed by atoms with van der Waals surface area (Å²) < 4.78 is 43.3. The summed E-state index contributed by atoms with van der Waals surface area (Å²) in [5.41, 5.74) is -1.82. The Bertz CT molecular complexity index is 860. The van der Waals surface area contributed by atoms with Gasteiger partial charge in [-0.15, -0.1) is 11.8 Å². The van der Waals surface area contributed by atoms with Gasteiger partial charge in [-0.3, -0.25) is 9.59 Å². The number of ether oxygens (including phenoxy) is 6. The molecule has 0 radical (unpaired) electrons. The molecular formula is C30H56O9SSi. The Hall–Kier alpha value is -0.693. The van der Waals surface area contributed by atoms with Crippen molar-refractivity contribution in [2.24, 2.45) is 5.92 Å². The van der Waals surface area contributed by atoms with Crippen LogP contribution >= 0.6 is 11.8 Å². The van der Waals surface area contributed by atoms with E-state index in [1.807, 2.05) is 13.8 Å². The highest BCUT2D eigenvalue weighted by molar-refractivity contribution is 7.99. The van der Waals surface area contributed by atoms with E-state index in [1.165, 1.54) is 0 Å². The van der Waals surface area contributed by atoms with Gasteiger partial charge >= 0.3 is 11.9 Å². The molecule has 9 nitrogen and oxygen atoms in total. The van der Waals surface area contributed by atoms with Crippen LogP contribution in [-0.4, -0.2) is 86.1 Å². The standard InChI is InChI=1S/C30H56O9SSi/c1-15-40-26-23(33-17-16-19(24(31)38-27(2,3)4)25(32)39-28(5,6)7)22-21(36-30(11,12)37-22)20(35-26)18-34-41(13,14)29(8,9)10/h19-23,26H,15-18H2,1-14H3/t20-,21+,22+,23-,26+/m1/s1. The van der Waals surface area contributed by atoms with Gasteiger partial charge in [0.2, 0.25) is 0 Å². The van der Waals surface area contributed by atoms with Crippen molar-refractivity contribution in [2.45, 2.75) is 154 Å². The molecule has 2 aliphatic rings. The van der Waals surface area contributed by atoms with Crippen LogP contribution in [0.1, 0.15) is 89.5 Å². The topological polar surface area (TPSA) is 98.8 Å². The van der Waals surface area contributed by atoms with Crippen LogP contribution in [0.25, 0.3) is 0 Å². The third-order valence-corrected chi connectivity index (χ3v) is 12.8. The van der Waals surface area contributed by atoms with E-state index in [0.29, 0.717) is 6.61 Å². The molecule has 0 N–H and O–H groups in total. The van der Waals surface area contributed by atoms with Gasteiger partial charge in [0.15, 0.2) is 20.0 Å². The monoisotopic (exact) mass is 620 g/mol. The SMILES string of the molecule is CCS[C@@H]1O[C@H](CO[Si](C)(C)C(C)(C)C)[C@@H]2OC(C)(C)O[C@@H]2[C@H]1OCCC(C(=O)OC(C)(C)C)C(=O)OC(C)(C)C. The predicted molar refractivity (Wildman–Crippen MR) is 163 cm³/mol. The Labute approximate surface area is 253 Å². The van der Waals surface area contributed by atoms with Gasteiger partial charge in [0.1, 0.15) is 41.1 Å².